The van der Waals surface area contributed by atoms with Crippen molar-refractivity contribution in [3.8, 4) is 0 Å². The summed E-state index contributed by atoms with van der Waals surface area (Å²) in [6.45, 7) is 3.83. The van der Waals surface area contributed by atoms with E-state index in [0.29, 0.717) is 22.0 Å². The van der Waals surface area contributed by atoms with Gasteiger partial charge in [0.1, 0.15) is 5.15 Å². The summed E-state index contributed by atoms with van der Waals surface area (Å²) in [4.78, 5) is 8.22. The van der Waals surface area contributed by atoms with Crippen LogP contribution >= 0.6 is 11.6 Å². The zero-order valence-electron chi connectivity index (χ0n) is 9.78. The molecule has 1 aliphatic heterocycles. The van der Waals surface area contributed by atoms with E-state index in [4.69, 9.17) is 11.6 Å². The van der Waals surface area contributed by atoms with Gasteiger partial charge in [0.2, 0.25) is 5.16 Å². The molecule has 1 saturated heterocycles. The number of nitrogens with one attached hydrogen (secondary N) is 1. The van der Waals surface area contributed by atoms with Crippen molar-refractivity contribution in [2.75, 3.05) is 18.8 Å². The van der Waals surface area contributed by atoms with E-state index in [1.165, 1.54) is 0 Å². The molecule has 6 heteroatoms. The molecule has 0 amide bonds. The van der Waals surface area contributed by atoms with Gasteiger partial charge in [0, 0.05) is 11.4 Å². The maximum atomic E-state index is 12.1. The number of halogens is 1. The zero-order chi connectivity index (χ0) is 12.3. The first kappa shape index (κ1) is 12.9. The molecule has 2 atom stereocenters. The Morgan fingerprint density at radius 1 is 1.59 bits per heavy atom. The van der Waals surface area contributed by atoms with Gasteiger partial charge in [-0.2, -0.15) is 0 Å². The lowest BCUT2D eigenvalue weighted by molar-refractivity contribution is 0.407. The van der Waals surface area contributed by atoms with Crippen LogP contribution in [0.5, 0.6) is 0 Å². The highest BCUT2D eigenvalue weighted by molar-refractivity contribution is 7.84. The first-order valence-corrected chi connectivity index (χ1v) is 7.45. The van der Waals surface area contributed by atoms with Gasteiger partial charge < -0.3 is 5.32 Å². The standard InChI is InChI=1S/C11H16ClN3OS/c1-8-5-10(12)15-11(14-8)17(16)7-9-3-2-4-13-6-9/h5,9,13H,2-4,6-7H2,1H3/t9-,17+/m0/s1. The second-order valence-electron chi connectivity index (χ2n) is 4.34. The number of nitrogens with zero attached hydrogens (tertiary/aromatic N) is 2. The molecule has 0 radical (unpaired) electrons. The Labute approximate surface area is 109 Å². The lowest BCUT2D eigenvalue weighted by Gasteiger charge is -2.21. The second-order valence-corrected chi connectivity index (χ2v) is 6.12. The fourth-order valence-electron chi connectivity index (χ4n) is 1.96. The van der Waals surface area contributed by atoms with Crippen LogP contribution in [0, 0.1) is 12.8 Å². The smallest absolute Gasteiger partial charge is 0.220 e. The molecule has 0 unspecified atom stereocenters. The van der Waals surface area contributed by atoms with Crippen LogP contribution in [-0.4, -0.2) is 33.0 Å². The number of hydrogen-bond acceptors (Lipinski definition) is 4. The molecule has 94 valence electrons. The predicted molar refractivity (Wildman–Crippen MR) is 68.6 cm³/mol. The van der Waals surface area contributed by atoms with Gasteiger partial charge in [0.25, 0.3) is 0 Å². The number of hydrogen-bond donors (Lipinski definition) is 1. The monoisotopic (exact) mass is 273 g/mol. The molecule has 1 aliphatic rings. The van der Waals surface area contributed by atoms with Crippen LogP contribution in [0.2, 0.25) is 5.15 Å². The third kappa shape index (κ3) is 3.72. The molecule has 0 spiro atoms. The molecule has 1 aromatic rings. The van der Waals surface area contributed by atoms with Gasteiger partial charge in [-0.3, -0.25) is 4.21 Å². The van der Waals surface area contributed by atoms with E-state index in [1.807, 2.05) is 6.92 Å². The molecule has 0 aliphatic carbocycles. The molecule has 4 nitrogen and oxygen atoms in total. The Balaban J connectivity index is 2.03. The molecule has 0 saturated carbocycles. The molecule has 1 aromatic heterocycles. The molecule has 0 bridgehead atoms. The lowest BCUT2D eigenvalue weighted by atomic mass is 10.0. The van der Waals surface area contributed by atoms with E-state index in [-0.39, 0.29) is 0 Å². The van der Waals surface area contributed by atoms with Gasteiger partial charge in [0.05, 0.1) is 10.8 Å². The van der Waals surface area contributed by atoms with Crippen LogP contribution in [0.3, 0.4) is 0 Å². The summed E-state index contributed by atoms with van der Waals surface area (Å²) in [5, 5.41) is 4.04. The number of rotatable bonds is 3. The lowest BCUT2D eigenvalue weighted by Crippen LogP contribution is -2.32. The summed E-state index contributed by atoms with van der Waals surface area (Å²) >= 11 is 5.84. The third-order valence-corrected chi connectivity index (χ3v) is 4.35. The fourth-order valence-corrected chi connectivity index (χ4v) is 3.56. The van der Waals surface area contributed by atoms with E-state index in [0.717, 1.165) is 31.6 Å². The highest BCUT2D eigenvalue weighted by Crippen LogP contribution is 2.15. The van der Waals surface area contributed by atoms with Crippen molar-refractivity contribution < 1.29 is 4.21 Å². The largest absolute Gasteiger partial charge is 0.316 e. The van der Waals surface area contributed by atoms with E-state index < -0.39 is 10.8 Å². The van der Waals surface area contributed by atoms with Crippen molar-refractivity contribution in [2.24, 2.45) is 5.92 Å². The number of aryl methyl sites for hydroxylation is 1. The minimum Gasteiger partial charge on any atom is -0.316 e. The average Bonchev–Trinajstić information content (AvgIpc) is 2.29. The molecule has 17 heavy (non-hydrogen) atoms. The summed E-state index contributed by atoms with van der Waals surface area (Å²) in [5.41, 5.74) is 0.759. The fraction of sp³-hybridized carbons (Fsp3) is 0.636. The van der Waals surface area contributed by atoms with Crippen molar-refractivity contribution in [1.29, 1.82) is 0 Å². The Kier molecular flexibility index (Phi) is 4.48. The molecule has 1 fully saturated rings. The Morgan fingerprint density at radius 3 is 3.06 bits per heavy atom. The Morgan fingerprint density at radius 2 is 2.41 bits per heavy atom. The first-order chi connectivity index (χ1) is 8.15. The van der Waals surface area contributed by atoms with Gasteiger partial charge in [-0.1, -0.05) is 11.6 Å². The zero-order valence-corrected chi connectivity index (χ0v) is 11.4. The topological polar surface area (TPSA) is 54.9 Å². The molecular weight excluding hydrogens is 258 g/mol. The van der Waals surface area contributed by atoms with Crippen molar-refractivity contribution in [1.82, 2.24) is 15.3 Å². The Bertz CT molecular complexity index is 401. The van der Waals surface area contributed by atoms with Crippen LogP contribution in [0.4, 0.5) is 0 Å². The van der Waals surface area contributed by atoms with Crippen LogP contribution in [0.15, 0.2) is 11.2 Å². The van der Waals surface area contributed by atoms with E-state index in [1.54, 1.807) is 6.07 Å². The minimum atomic E-state index is -1.15. The van der Waals surface area contributed by atoms with Gasteiger partial charge >= 0.3 is 0 Å². The molecule has 2 heterocycles. The number of aromatic nitrogens is 2. The summed E-state index contributed by atoms with van der Waals surface area (Å²) in [7, 11) is -1.15. The third-order valence-electron chi connectivity index (χ3n) is 2.79. The van der Waals surface area contributed by atoms with E-state index >= 15 is 0 Å². The average molecular weight is 274 g/mol. The highest BCUT2D eigenvalue weighted by Gasteiger charge is 2.18. The van der Waals surface area contributed by atoms with Crippen molar-refractivity contribution in [3.63, 3.8) is 0 Å². The summed E-state index contributed by atoms with van der Waals surface area (Å²) in [6, 6.07) is 1.67. The van der Waals surface area contributed by atoms with E-state index in [9.17, 15) is 4.21 Å². The summed E-state index contributed by atoms with van der Waals surface area (Å²) in [6.07, 6.45) is 2.27. The maximum absolute atomic E-state index is 12.1. The van der Waals surface area contributed by atoms with Crippen LogP contribution in [-0.2, 0) is 10.8 Å². The highest BCUT2D eigenvalue weighted by atomic mass is 35.5. The van der Waals surface area contributed by atoms with Crippen molar-refractivity contribution in [2.45, 2.75) is 24.9 Å². The summed E-state index contributed by atoms with van der Waals surface area (Å²) < 4.78 is 12.1. The van der Waals surface area contributed by atoms with Gasteiger partial charge in [-0.25, -0.2) is 9.97 Å². The van der Waals surface area contributed by atoms with Crippen LogP contribution in [0.25, 0.3) is 0 Å². The molecule has 2 rings (SSSR count). The normalized spacial score (nSPS) is 22.4. The Hall–Kier alpha value is -0.520. The van der Waals surface area contributed by atoms with Gasteiger partial charge in [-0.05, 0) is 44.8 Å². The SMILES string of the molecule is Cc1cc(Cl)nc([S@](=O)C[C@H]2CCCNC2)n1. The summed E-state index contributed by atoms with van der Waals surface area (Å²) in [5.74, 6) is 1.07. The maximum Gasteiger partial charge on any atom is 0.220 e. The van der Waals surface area contributed by atoms with E-state index in [2.05, 4.69) is 15.3 Å². The molecule has 0 aromatic carbocycles. The second kappa shape index (κ2) is 5.89. The minimum absolute atomic E-state index is 0.362. The van der Waals surface area contributed by atoms with Gasteiger partial charge in [0.15, 0.2) is 0 Å². The van der Waals surface area contributed by atoms with Gasteiger partial charge in [-0.15, -0.1) is 0 Å². The van der Waals surface area contributed by atoms with Crippen molar-refractivity contribution >= 4 is 22.4 Å². The number of piperidine rings is 1. The van der Waals surface area contributed by atoms with Crippen molar-refractivity contribution in [3.05, 3.63) is 16.9 Å². The molecular formula is C11H16ClN3OS. The first-order valence-electron chi connectivity index (χ1n) is 5.75. The molecule has 1 N–H and O–H groups in total. The van der Waals surface area contributed by atoms with Crippen LogP contribution in [0.1, 0.15) is 18.5 Å². The quantitative estimate of drug-likeness (QED) is 0.671. The van der Waals surface area contributed by atoms with Crippen LogP contribution < -0.4 is 5.32 Å². The predicted octanol–water partition coefficient (Wildman–Crippen LogP) is 1.55.